The van der Waals surface area contributed by atoms with Crippen molar-refractivity contribution in [2.45, 2.75) is 23.8 Å². The van der Waals surface area contributed by atoms with Crippen molar-refractivity contribution in [2.75, 3.05) is 13.2 Å². The van der Waals surface area contributed by atoms with E-state index in [1.54, 1.807) is 0 Å². The number of furan rings is 1. The number of hydrogen-bond acceptors (Lipinski definition) is 4. The van der Waals surface area contributed by atoms with Gasteiger partial charge in [-0.1, -0.05) is 36.4 Å². The van der Waals surface area contributed by atoms with Gasteiger partial charge in [0.15, 0.2) is 0 Å². The van der Waals surface area contributed by atoms with Gasteiger partial charge in [-0.25, -0.2) is 8.93 Å². The number of benzene rings is 3. The zero-order valence-corrected chi connectivity index (χ0v) is 19.2. The lowest BCUT2D eigenvalue weighted by Gasteiger charge is -2.17. The number of aromatic amines is 1. The average Bonchev–Trinajstić information content (AvgIpc) is 3.61. The monoisotopic (exact) mass is 472 g/mol. The molecule has 6 nitrogen and oxygen atoms in total. The molecule has 3 aromatic carbocycles. The summed E-state index contributed by atoms with van der Waals surface area (Å²) in [7, 11) is -1.58. The van der Waals surface area contributed by atoms with Crippen molar-refractivity contribution in [3.63, 3.8) is 0 Å². The van der Waals surface area contributed by atoms with Crippen LogP contribution in [0.2, 0.25) is 0 Å². The van der Waals surface area contributed by atoms with Crippen molar-refractivity contribution in [2.24, 2.45) is 0 Å². The summed E-state index contributed by atoms with van der Waals surface area (Å²) >= 11 is 0. The molecule has 2 aromatic heterocycles. The number of hydrogen-bond donors (Lipinski definition) is 3. The van der Waals surface area contributed by atoms with Crippen molar-refractivity contribution in [3.8, 4) is 17.1 Å². The summed E-state index contributed by atoms with van der Waals surface area (Å²) in [6.45, 7) is 0.416. The molecule has 0 amide bonds. The van der Waals surface area contributed by atoms with Gasteiger partial charge < -0.3 is 19.2 Å². The van der Waals surface area contributed by atoms with E-state index in [4.69, 9.17) is 9.15 Å². The van der Waals surface area contributed by atoms with Gasteiger partial charge in [-0.2, -0.15) is 0 Å². The van der Waals surface area contributed by atoms with Crippen LogP contribution in [-0.2, 0) is 23.8 Å². The van der Waals surface area contributed by atoms with Crippen LogP contribution in [0.5, 0.6) is 5.75 Å². The number of nitrogens with one attached hydrogen (secondary N) is 2. The summed E-state index contributed by atoms with van der Waals surface area (Å²) < 4.78 is 28.5. The number of aliphatic hydroxyl groups excluding tert-OH is 1. The van der Waals surface area contributed by atoms with Crippen LogP contribution in [0.25, 0.3) is 33.2 Å². The van der Waals surface area contributed by atoms with Crippen molar-refractivity contribution >= 4 is 32.9 Å². The first-order chi connectivity index (χ1) is 16.7. The molecule has 7 heteroatoms. The molecule has 0 fully saturated rings. The number of fused-ring (bicyclic) bond motifs is 3. The van der Waals surface area contributed by atoms with Gasteiger partial charge in [-0.3, -0.25) is 0 Å². The molecule has 34 heavy (non-hydrogen) atoms. The molecule has 6 rings (SSSR count). The summed E-state index contributed by atoms with van der Waals surface area (Å²) in [4.78, 5) is 3.83. The van der Waals surface area contributed by atoms with Crippen LogP contribution in [0.1, 0.15) is 11.1 Å². The molecule has 3 N–H and O–H groups in total. The van der Waals surface area contributed by atoms with E-state index >= 15 is 0 Å². The second kappa shape index (κ2) is 8.76. The molecule has 3 heterocycles. The van der Waals surface area contributed by atoms with E-state index < -0.39 is 11.0 Å². The molecule has 2 atom stereocenters. The van der Waals surface area contributed by atoms with Gasteiger partial charge in [0.1, 0.15) is 28.1 Å². The minimum atomic E-state index is -1.58. The van der Waals surface area contributed by atoms with Crippen molar-refractivity contribution in [1.29, 1.82) is 0 Å². The Kier molecular flexibility index (Phi) is 5.45. The summed E-state index contributed by atoms with van der Waals surface area (Å²) in [6, 6.07) is 21.4. The molecule has 0 radical (unpaired) electrons. The van der Waals surface area contributed by atoms with Crippen LogP contribution in [0.15, 0.2) is 82.2 Å². The highest BCUT2D eigenvalue weighted by Gasteiger charge is 2.25. The smallest absolute Gasteiger partial charge is 0.140 e. The zero-order chi connectivity index (χ0) is 23.1. The Morgan fingerprint density at radius 2 is 1.94 bits per heavy atom. The van der Waals surface area contributed by atoms with Crippen LogP contribution in [-0.4, -0.2) is 33.6 Å². The zero-order valence-electron chi connectivity index (χ0n) is 18.4. The fraction of sp³-hybridized carbons (Fsp3) is 0.185. The number of rotatable bonds is 7. The van der Waals surface area contributed by atoms with Gasteiger partial charge in [0.05, 0.1) is 18.1 Å². The fourth-order valence-corrected chi connectivity index (χ4v) is 5.78. The van der Waals surface area contributed by atoms with E-state index in [1.807, 2.05) is 66.9 Å². The van der Waals surface area contributed by atoms with Crippen molar-refractivity contribution in [3.05, 3.63) is 84.1 Å². The lowest BCUT2D eigenvalue weighted by molar-refractivity contribution is 0.257. The normalized spacial score (nSPS) is 14.9. The highest BCUT2D eigenvalue weighted by molar-refractivity contribution is 7.83. The second-order valence-corrected chi connectivity index (χ2v) is 9.75. The van der Waals surface area contributed by atoms with Crippen molar-refractivity contribution in [1.82, 2.24) is 9.71 Å². The first-order valence-corrected chi connectivity index (χ1v) is 12.5. The summed E-state index contributed by atoms with van der Waals surface area (Å²) in [6.07, 6.45) is 3.24. The van der Waals surface area contributed by atoms with Crippen molar-refractivity contribution < 1.29 is 18.5 Å². The lowest BCUT2D eigenvalue weighted by Crippen LogP contribution is -2.36. The van der Waals surface area contributed by atoms with Gasteiger partial charge in [0, 0.05) is 40.5 Å². The van der Waals surface area contributed by atoms with Crippen LogP contribution in [0.3, 0.4) is 0 Å². The highest BCUT2D eigenvalue weighted by atomic mass is 32.2. The molecule has 1 aliphatic rings. The lowest BCUT2D eigenvalue weighted by atomic mass is 10.1. The number of ether oxygens (including phenoxy) is 1. The Balaban J connectivity index is 1.30. The standard InChI is InChI=1S/C27H24N2O4S/c30-16-21(12-20-15-28-23-7-3-2-6-22(20)23)29-34(31)26-14-19(11-18-9-10-32-27(18)26)25-13-17-5-1-4-8-24(17)33-25/h1-8,11,13-15,21,28-30H,9-10,12,16H2/t21-,34?/m1/s1. The molecule has 0 saturated heterocycles. The van der Waals surface area contributed by atoms with E-state index in [1.165, 1.54) is 0 Å². The number of aromatic nitrogens is 1. The molecule has 1 unspecified atom stereocenters. The summed E-state index contributed by atoms with van der Waals surface area (Å²) in [5.41, 5.74) is 4.80. The Bertz CT molecular complexity index is 1490. The highest BCUT2D eigenvalue weighted by Crippen LogP contribution is 2.38. The molecule has 0 spiro atoms. The van der Waals surface area contributed by atoms with E-state index in [-0.39, 0.29) is 12.6 Å². The topological polar surface area (TPSA) is 87.5 Å². The molecule has 5 aromatic rings. The van der Waals surface area contributed by atoms with Gasteiger partial charge in [0.2, 0.25) is 0 Å². The van der Waals surface area contributed by atoms with E-state index in [0.717, 1.165) is 50.7 Å². The predicted octanol–water partition coefficient (Wildman–Crippen LogP) is 4.73. The Labute approximate surface area is 199 Å². The van der Waals surface area contributed by atoms with Gasteiger partial charge >= 0.3 is 0 Å². The number of aliphatic hydroxyl groups is 1. The van der Waals surface area contributed by atoms with E-state index in [2.05, 4.69) is 15.8 Å². The minimum absolute atomic E-state index is 0.141. The maximum atomic E-state index is 13.5. The maximum Gasteiger partial charge on any atom is 0.140 e. The fourth-order valence-electron chi connectivity index (χ4n) is 4.60. The maximum absolute atomic E-state index is 13.5. The Morgan fingerprint density at radius 3 is 2.82 bits per heavy atom. The summed E-state index contributed by atoms with van der Waals surface area (Å²) in [5, 5.41) is 12.2. The molecule has 172 valence electrons. The SMILES string of the molecule is O=S(N[C@@H](CO)Cc1c[nH]c2ccccc12)c1cc(-c2cc3ccccc3o2)cc2c1OCC2. The van der Waals surface area contributed by atoms with Crippen LogP contribution in [0, 0.1) is 0 Å². The van der Waals surface area contributed by atoms with E-state index in [9.17, 15) is 9.32 Å². The quantitative estimate of drug-likeness (QED) is 0.320. The number of para-hydroxylation sites is 2. The third-order valence-corrected chi connectivity index (χ3v) is 7.54. The Hall–Kier alpha value is -3.39. The molecular weight excluding hydrogens is 448 g/mol. The third-order valence-electron chi connectivity index (χ3n) is 6.29. The predicted molar refractivity (Wildman–Crippen MR) is 133 cm³/mol. The molecule has 0 saturated carbocycles. The van der Waals surface area contributed by atoms with Crippen LogP contribution >= 0.6 is 0 Å². The van der Waals surface area contributed by atoms with Crippen LogP contribution in [0.4, 0.5) is 0 Å². The minimum Gasteiger partial charge on any atom is -0.492 e. The summed E-state index contributed by atoms with van der Waals surface area (Å²) in [5.74, 6) is 1.39. The first-order valence-electron chi connectivity index (χ1n) is 11.3. The first kappa shape index (κ1) is 21.2. The van der Waals surface area contributed by atoms with E-state index in [0.29, 0.717) is 23.7 Å². The third kappa shape index (κ3) is 3.81. The average molecular weight is 473 g/mol. The molecular formula is C27H24N2O4S. The van der Waals surface area contributed by atoms with Gasteiger partial charge in [0.25, 0.3) is 0 Å². The Morgan fingerprint density at radius 1 is 1.09 bits per heavy atom. The molecule has 0 bridgehead atoms. The van der Waals surface area contributed by atoms with Gasteiger partial charge in [-0.05, 0) is 47.9 Å². The molecule has 0 aliphatic carbocycles. The van der Waals surface area contributed by atoms with Crippen LogP contribution < -0.4 is 9.46 Å². The molecule has 1 aliphatic heterocycles. The van der Waals surface area contributed by atoms with Gasteiger partial charge in [-0.15, -0.1) is 0 Å². The number of H-pyrrole nitrogens is 1. The second-order valence-electron chi connectivity index (χ2n) is 8.54. The largest absolute Gasteiger partial charge is 0.492 e.